The zero-order valence-corrected chi connectivity index (χ0v) is 13.0. The standard InChI is InChI=1S/C15H26N2S/c1-11(14-12(2)17-13(3)18-14)16-10-15(4)8-6-5-7-9-15/h11,16H,5-10H2,1-4H3. The van der Waals surface area contributed by atoms with E-state index in [1.807, 2.05) is 11.3 Å². The molecule has 0 amide bonds. The molecule has 1 aliphatic rings. The Morgan fingerprint density at radius 1 is 1.28 bits per heavy atom. The Balaban J connectivity index is 1.91. The van der Waals surface area contributed by atoms with Crippen LogP contribution in [-0.2, 0) is 0 Å². The molecule has 0 aromatic carbocycles. The molecule has 0 spiro atoms. The number of aryl methyl sites for hydroxylation is 2. The average Bonchev–Trinajstić information content (AvgIpc) is 2.67. The van der Waals surface area contributed by atoms with Crippen molar-refractivity contribution in [1.82, 2.24) is 10.3 Å². The summed E-state index contributed by atoms with van der Waals surface area (Å²) in [5.74, 6) is 0. The van der Waals surface area contributed by atoms with E-state index in [0.717, 1.165) is 6.54 Å². The minimum absolute atomic E-state index is 0.440. The lowest BCUT2D eigenvalue weighted by molar-refractivity contribution is 0.202. The van der Waals surface area contributed by atoms with Crippen molar-refractivity contribution in [2.75, 3.05) is 6.54 Å². The number of hydrogen-bond donors (Lipinski definition) is 1. The molecular weight excluding hydrogens is 240 g/mol. The summed E-state index contributed by atoms with van der Waals surface area (Å²) in [5, 5.41) is 4.91. The van der Waals surface area contributed by atoms with Gasteiger partial charge in [0.15, 0.2) is 0 Å². The van der Waals surface area contributed by atoms with Gasteiger partial charge in [0.05, 0.1) is 10.7 Å². The Morgan fingerprint density at radius 3 is 2.50 bits per heavy atom. The fourth-order valence-corrected chi connectivity index (χ4v) is 3.98. The van der Waals surface area contributed by atoms with Crippen molar-refractivity contribution >= 4 is 11.3 Å². The highest BCUT2D eigenvalue weighted by Crippen LogP contribution is 2.35. The van der Waals surface area contributed by atoms with Gasteiger partial charge < -0.3 is 5.32 Å². The van der Waals surface area contributed by atoms with Crippen molar-refractivity contribution in [2.45, 2.75) is 65.8 Å². The molecule has 2 rings (SSSR count). The van der Waals surface area contributed by atoms with E-state index in [-0.39, 0.29) is 0 Å². The molecule has 3 heteroatoms. The van der Waals surface area contributed by atoms with Gasteiger partial charge in [-0.15, -0.1) is 11.3 Å². The second kappa shape index (κ2) is 5.70. The molecule has 1 N–H and O–H groups in total. The number of thiazole rings is 1. The van der Waals surface area contributed by atoms with E-state index in [2.05, 4.69) is 38.0 Å². The third kappa shape index (κ3) is 3.33. The minimum atomic E-state index is 0.440. The van der Waals surface area contributed by atoms with Crippen LogP contribution in [0.15, 0.2) is 0 Å². The first-order chi connectivity index (χ1) is 8.50. The maximum atomic E-state index is 4.52. The van der Waals surface area contributed by atoms with Crippen LogP contribution < -0.4 is 5.32 Å². The Bertz CT molecular complexity index is 391. The van der Waals surface area contributed by atoms with Gasteiger partial charge in [-0.25, -0.2) is 4.98 Å². The van der Waals surface area contributed by atoms with E-state index in [1.165, 1.54) is 47.7 Å². The quantitative estimate of drug-likeness (QED) is 0.874. The summed E-state index contributed by atoms with van der Waals surface area (Å²) in [5.41, 5.74) is 1.71. The molecule has 1 heterocycles. The summed E-state index contributed by atoms with van der Waals surface area (Å²) in [6.45, 7) is 10.1. The maximum absolute atomic E-state index is 4.52. The van der Waals surface area contributed by atoms with Crippen molar-refractivity contribution in [1.29, 1.82) is 0 Å². The summed E-state index contributed by atoms with van der Waals surface area (Å²) in [4.78, 5) is 5.93. The highest BCUT2D eigenvalue weighted by molar-refractivity contribution is 7.11. The van der Waals surface area contributed by atoms with Crippen molar-refractivity contribution in [3.8, 4) is 0 Å². The topological polar surface area (TPSA) is 24.9 Å². The molecule has 18 heavy (non-hydrogen) atoms. The molecule has 0 bridgehead atoms. The highest BCUT2D eigenvalue weighted by Gasteiger charge is 2.27. The molecule has 1 fully saturated rings. The fraction of sp³-hybridized carbons (Fsp3) is 0.800. The van der Waals surface area contributed by atoms with Gasteiger partial charge in [-0.1, -0.05) is 26.2 Å². The molecule has 102 valence electrons. The van der Waals surface area contributed by atoms with Gasteiger partial charge in [0.1, 0.15) is 0 Å². The molecule has 1 aromatic rings. The lowest BCUT2D eigenvalue weighted by Gasteiger charge is -2.34. The van der Waals surface area contributed by atoms with E-state index < -0.39 is 0 Å². The zero-order valence-electron chi connectivity index (χ0n) is 12.2. The van der Waals surface area contributed by atoms with E-state index in [4.69, 9.17) is 0 Å². The first-order valence-corrected chi connectivity index (χ1v) is 7.99. The third-order valence-electron chi connectivity index (χ3n) is 4.23. The normalized spacial score (nSPS) is 20.9. The van der Waals surface area contributed by atoms with Gasteiger partial charge >= 0.3 is 0 Å². The largest absolute Gasteiger partial charge is 0.309 e. The minimum Gasteiger partial charge on any atom is -0.309 e. The van der Waals surface area contributed by atoms with Crippen molar-refractivity contribution in [3.05, 3.63) is 15.6 Å². The summed E-state index contributed by atoms with van der Waals surface area (Å²) in [6, 6.07) is 0.440. The predicted octanol–water partition coefficient (Wildman–Crippen LogP) is 4.38. The van der Waals surface area contributed by atoms with E-state index in [1.54, 1.807) is 0 Å². The van der Waals surface area contributed by atoms with Crippen LogP contribution in [0.1, 0.15) is 67.6 Å². The van der Waals surface area contributed by atoms with Crippen LogP contribution >= 0.6 is 11.3 Å². The molecule has 1 saturated carbocycles. The third-order valence-corrected chi connectivity index (χ3v) is 5.48. The van der Waals surface area contributed by atoms with Crippen LogP contribution in [-0.4, -0.2) is 11.5 Å². The number of hydrogen-bond acceptors (Lipinski definition) is 3. The second-order valence-electron chi connectivity index (χ2n) is 6.16. The van der Waals surface area contributed by atoms with Crippen molar-refractivity contribution in [3.63, 3.8) is 0 Å². The van der Waals surface area contributed by atoms with Gasteiger partial charge in [0, 0.05) is 17.5 Å². The first kappa shape index (κ1) is 14.0. The Morgan fingerprint density at radius 2 is 1.94 bits per heavy atom. The van der Waals surface area contributed by atoms with Gasteiger partial charge in [0.25, 0.3) is 0 Å². The highest BCUT2D eigenvalue weighted by atomic mass is 32.1. The number of aromatic nitrogens is 1. The lowest BCUT2D eigenvalue weighted by atomic mass is 9.75. The molecule has 1 aromatic heterocycles. The summed E-state index contributed by atoms with van der Waals surface area (Å²) >= 11 is 1.83. The number of rotatable bonds is 4. The smallest absolute Gasteiger partial charge is 0.0900 e. The van der Waals surface area contributed by atoms with Gasteiger partial charge in [-0.3, -0.25) is 0 Å². The summed E-state index contributed by atoms with van der Waals surface area (Å²) < 4.78 is 0. The first-order valence-electron chi connectivity index (χ1n) is 7.17. The van der Waals surface area contributed by atoms with E-state index in [9.17, 15) is 0 Å². The van der Waals surface area contributed by atoms with Gasteiger partial charge in [-0.05, 0) is 39.0 Å². The maximum Gasteiger partial charge on any atom is 0.0900 e. The Hall–Kier alpha value is -0.410. The van der Waals surface area contributed by atoms with Gasteiger partial charge in [0.2, 0.25) is 0 Å². The SMILES string of the molecule is Cc1nc(C)c(C(C)NCC2(C)CCCCC2)s1. The molecule has 2 nitrogen and oxygen atoms in total. The summed E-state index contributed by atoms with van der Waals surface area (Å²) in [7, 11) is 0. The van der Waals surface area contributed by atoms with E-state index >= 15 is 0 Å². The van der Waals surface area contributed by atoms with Crippen molar-refractivity contribution < 1.29 is 0 Å². The van der Waals surface area contributed by atoms with Crippen LogP contribution in [0.25, 0.3) is 0 Å². The van der Waals surface area contributed by atoms with Crippen LogP contribution in [0.2, 0.25) is 0 Å². The predicted molar refractivity (Wildman–Crippen MR) is 79.2 cm³/mol. The zero-order chi connectivity index (χ0) is 13.2. The van der Waals surface area contributed by atoms with Gasteiger partial charge in [-0.2, -0.15) is 0 Å². The molecule has 1 atom stereocenters. The molecule has 1 unspecified atom stereocenters. The molecular formula is C15H26N2S. The van der Waals surface area contributed by atoms with E-state index in [0.29, 0.717) is 11.5 Å². The number of nitrogens with one attached hydrogen (secondary N) is 1. The fourth-order valence-electron chi connectivity index (χ4n) is 3.02. The second-order valence-corrected chi connectivity index (χ2v) is 7.39. The molecule has 0 saturated heterocycles. The average molecular weight is 266 g/mol. The van der Waals surface area contributed by atoms with Crippen LogP contribution in [0.4, 0.5) is 0 Å². The van der Waals surface area contributed by atoms with Crippen LogP contribution in [0, 0.1) is 19.3 Å². The molecule has 1 aliphatic carbocycles. The molecule has 0 aliphatic heterocycles. The Kier molecular flexibility index (Phi) is 4.44. The monoisotopic (exact) mass is 266 g/mol. The molecule has 0 radical (unpaired) electrons. The number of nitrogens with zero attached hydrogens (tertiary/aromatic N) is 1. The van der Waals surface area contributed by atoms with Crippen LogP contribution in [0.5, 0.6) is 0 Å². The Labute approximate surface area is 115 Å². The lowest BCUT2D eigenvalue weighted by Crippen LogP contribution is -2.34. The van der Waals surface area contributed by atoms with Crippen molar-refractivity contribution in [2.24, 2.45) is 5.41 Å². The summed E-state index contributed by atoms with van der Waals surface area (Å²) in [6.07, 6.45) is 7.01. The van der Waals surface area contributed by atoms with Crippen LogP contribution in [0.3, 0.4) is 0 Å².